The van der Waals surface area contributed by atoms with Crippen molar-refractivity contribution in [3.8, 4) is 11.5 Å². The van der Waals surface area contributed by atoms with Gasteiger partial charge < -0.3 is 15.5 Å². The van der Waals surface area contributed by atoms with E-state index in [0.717, 1.165) is 16.8 Å². The van der Waals surface area contributed by atoms with Gasteiger partial charge >= 0.3 is 0 Å². The first kappa shape index (κ1) is 17.9. The summed E-state index contributed by atoms with van der Waals surface area (Å²) in [7, 11) is 0. The molecule has 27 heavy (non-hydrogen) atoms. The lowest BCUT2D eigenvalue weighted by atomic mass is 10.0. The van der Waals surface area contributed by atoms with Crippen LogP contribution in [0.4, 0.5) is 0 Å². The SMILES string of the molecule is O=C(CNC(=O)c1cccc2ccccc12)N/N=C/c1ccc(O)cc1O. The maximum atomic E-state index is 12.3. The molecule has 4 N–H and O–H groups in total. The van der Waals surface area contributed by atoms with E-state index in [9.17, 15) is 19.8 Å². The molecular weight excluding hydrogens is 346 g/mol. The lowest BCUT2D eigenvalue weighted by Crippen LogP contribution is -2.35. The number of fused-ring (bicyclic) bond motifs is 1. The summed E-state index contributed by atoms with van der Waals surface area (Å²) >= 11 is 0. The van der Waals surface area contributed by atoms with Crippen LogP contribution in [-0.4, -0.2) is 34.8 Å². The summed E-state index contributed by atoms with van der Waals surface area (Å²) in [6.45, 7) is -0.249. The number of phenolic OH excluding ortho intramolecular Hbond substituents is 2. The van der Waals surface area contributed by atoms with Crippen LogP contribution in [0.25, 0.3) is 10.8 Å². The van der Waals surface area contributed by atoms with Crippen molar-refractivity contribution in [2.45, 2.75) is 0 Å². The Bertz CT molecular complexity index is 1030. The van der Waals surface area contributed by atoms with Crippen molar-refractivity contribution in [3.63, 3.8) is 0 Å². The minimum Gasteiger partial charge on any atom is -0.508 e. The Labute approximate surface area is 155 Å². The molecule has 0 spiro atoms. The largest absolute Gasteiger partial charge is 0.508 e. The Hall–Kier alpha value is -3.87. The van der Waals surface area contributed by atoms with Gasteiger partial charge in [-0.15, -0.1) is 0 Å². The van der Waals surface area contributed by atoms with Crippen LogP contribution in [0.3, 0.4) is 0 Å². The normalized spacial score (nSPS) is 10.8. The highest BCUT2D eigenvalue weighted by Gasteiger charge is 2.10. The van der Waals surface area contributed by atoms with Gasteiger partial charge in [-0.05, 0) is 29.0 Å². The van der Waals surface area contributed by atoms with Crippen molar-refractivity contribution >= 4 is 28.8 Å². The Balaban J connectivity index is 1.57. The third-order valence-corrected chi connectivity index (χ3v) is 3.85. The van der Waals surface area contributed by atoms with Gasteiger partial charge in [-0.2, -0.15) is 5.10 Å². The van der Waals surface area contributed by atoms with Gasteiger partial charge in [0, 0.05) is 17.2 Å². The molecule has 3 aromatic rings. The molecule has 0 bridgehead atoms. The van der Waals surface area contributed by atoms with Crippen LogP contribution in [0.2, 0.25) is 0 Å². The van der Waals surface area contributed by atoms with Gasteiger partial charge in [0.05, 0.1) is 12.8 Å². The summed E-state index contributed by atoms with van der Waals surface area (Å²) in [6.07, 6.45) is 1.24. The highest BCUT2D eigenvalue weighted by molar-refractivity contribution is 6.07. The van der Waals surface area contributed by atoms with Gasteiger partial charge in [-0.3, -0.25) is 9.59 Å². The van der Waals surface area contributed by atoms with Crippen molar-refractivity contribution < 1.29 is 19.8 Å². The molecule has 0 atom stereocenters. The predicted molar refractivity (Wildman–Crippen MR) is 102 cm³/mol. The third-order valence-electron chi connectivity index (χ3n) is 3.85. The number of nitrogens with one attached hydrogen (secondary N) is 2. The molecule has 0 unspecified atom stereocenters. The van der Waals surface area contributed by atoms with Crippen LogP contribution in [0, 0.1) is 0 Å². The van der Waals surface area contributed by atoms with Crippen molar-refractivity contribution in [1.82, 2.24) is 10.7 Å². The van der Waals surface area contributed by atoms with Crippen molar-refractivity contribution in [3.05, 3.63) is 71.8 Å². The highest BCUT2D eigenvalue weighted by Crippen LogP contribution is 2.20. The van der Waals surface area contributed by atoms with Crippen molar-refractivity contribution in [2.24, 2.45) is 5.10 Å². The number of hydrogen-bond acceptors (Lipinski definition) is 5. The Morgan fingerprint density at radius 1 is 1.00 bits per heavy atom. The van der Waals surface area contributed by atoms with Crippen LogP contribution in [0.1, 0.15) is 15.9 Å². The van der Waals surface area contributed by atoms with Crippen molar-refractivity contribution in [2.75, 3.05) is 6.54 Å². The molecule has 0 aromatic heterocycles. The molecule has 0 fully saturated rings. The van der Waals surface area contributed by atoms with Crippen molar-refractivity contribution in [1.29, 1.82) is 0 Å². The molecule has 0 saturated heterocycles. The summed E-state index contributed by atoms with van der Waals surface area (Å²) < 4.78 is 0. The predicted octanol–water partition coefficient (Wildman–Crippen LogP) is 2.13. The number of hydrogen-bond donors (Lipinski definition) is 4. The number of amides is 2. The summed E-state index contributed by atoms with van der Waals surface area (Å²) in [4.78, 5) is 24.2. The second-order valence-corrected chi connectivity index (χ2v) is 5.75. The molecule has 0 heterocycles. The lowest BCUT2D eigenvalue weighted by Gasteiger charge is -2.07. The van der Waals surface area contributed by atoms with E-state index in [4.69, 9.17) is 0 Å². The second kappa shape index (κ2) is 8.01. The fraction of sp³-hybridized carbons (Fsp3) is 0.0500. The number of aromatic hydroxyl groups is 2. The average molecular weight is 363 g/mol. The molecule has 0 radical (unpaired) electrons. The van der Waals surface area contributed by atoms with Gasteiger partial charge in [0.25, 0.3) is 11.8 Å². The molecule has 136 valence electrons. The third kappa shape index (κ3) is 4.40. The Kier molecular flexibility index (Phi) is 5.32. The average Bonchev–Trinajstić information content (AvgIpc) is 2.67. The van der Waals surface area contributed by atoms with Crippen LogP contribution < -0.4 is 10.7 Å². The first-order valence-corrected chi connectivity index (χ1v) is 8.14. The fourth-order valence-electron chi connectivity index (χ4n) is 2.53. The smallest absolute Gasteiger partial charge is 0.259 e. The van der Waals surface area contributed by atoms with Gasteiger partial charge in [-0.1, -0.05) is 36.4 Å². The zero-order chi connectivity index (χ0) is 19.2. The number of carbonyl (C=O) groups excluding carboxylic acids is 2. The minimum absolute atomic E-state index is 0.0789. The highest BCUT2D eigenvalue weighted by atomic mass is 16.3. The van der Waals surface area contributed by atoms with Crippen LogP contribution in [0.5, 0.6) is 11.5 Å². The standard InChI is InChI=1S/C20H17N3O4/c24-15-9-8-14(18(25)10-15)11-22-23-19(26)12-21-20(27)17-7-3-5-13-4-1-2-6-16(13)17/h1-11,24-25H,12H2,(H,21,27)(H,23,26)/b22-11+. The topological polar surface area (TPSA) is 111 Å². The number of phenols is 2. The molecule has 0 aliphatic heterocycles. The molecular formula is C20H17N3O4. The number of benzene rings is 3. The van der Waals surface area contributed by atoms with E-state index in [1.807, 2.05) is 30.3 Å². The summed E-state index contributed by atoms with van der Waals surface area (Å²) in [5, 5.41) is 26.9. The molecule has 0 aliphatic rings. The van der Waals surface area contributed by atoms with Crippen LogP contribution in [-0.2, 0) is 4.79 Å². The van der Waals surface area contributed by atoms with Gasteiger partial charge in [0.2, 0.25) is 0 Å². The summed E-state index contributed by atoms with van der Waals surface area (Å²) in [6, 6.07) is 16.9. The molecule has 3 rings (SSSR count). The molecule has 0 aliphatic carbocycles. The maximum absolute atomic E-state index is 12.3. The summed E-state index contributed by atoms with van der Waals surface area (Å²) in [5.41, 5.74) is 3.07. The first-order chi connectivity index (χ1) is 13.0. The number of hydrazone groups is 1. The Morgan fingerprint density at radius 3 is 2.59 bits per heavy atom. The first-order valence-electron chi connectivity index (χ1n) is 8.14. The lowest BCUT2D eigenvalue weighted by molar-refractivity contribution is -0.120. The number of nitrogens with zero attached hydrogens (tertiary/aromatic N) is 1. The van der Waals surface area contributed by atoms with Crippen LogP contribution in [0.15, 0.2) is 65.8 Å². The zero-order valence-corrected chi connectivity index (χ0v) is 14.2. The fourth-order valence-corrected chi connectivity index (χ4v) is 2.53. The monoisotopic (exact) mass is 363 g/mol. The van der Waals surface area contributed by atoms with E-state index in [1.165, 1.54) is 18.3 Å². The van der Waals surface area contributed by atoms with E-state index in [1.54, 1.807) is 12.1 Å². The second-order valence-electron chi connectivity index (χ2n) is 5.75. The molecule has 2 amide bonds. The molecule has 0 saturated carbocycles. The van der Waals surface area contributed by atoms with E-state index < -0.39 is 5.91 Å². The van der Waals surface area contributed by atoms with Gasteiger partial charge in [0.1, 0.15) is 11.5 Å². The van der Waals surface area contributed by atoms with E-state index in [2.05, 4.69) is 15.8 Å². The summed E-state index contributed by atoms with van der Waals surface area (Å²) in [5.74, 6) is -1.12. The van der Waals surface area contributed by atoms with Gasteiger partial charge in [0.15, 0.2) is 0 Å². The zero-order valence-electron chi connectivity index (χ0n) is 14.2. The van der Waals surface area contributed by atoms with Crippen LogP contribution >= 0.6 is 0 Å². The van der Waals surface area contributed by atoms with E-state index in [-0.39, 0.29) is 24.0 Å². The quantitative estimate of drug-likeness (QED) is 0.411. The molecule has 7 heteroatoms. The Morgan fingerprint density at radius 2 is 1.78 bits per heavy atom. The minimum atomic E-state index is -0.516. The van der Waals surface area contributed by atoms with E-state index in [0.29, 0.717) is 11.1 Å². The van der Waals surface area contributed by atoms with E-state index >= 15 is 0 Å². The number of carbonyl (C=O) groups is 2. The van der Waals surface area contributed by atoms with Gasteiger partial charge in [-0.25, -0.2) is 5.43 Å². The number of rotatable bonds is 5. The molecule has 3 aromatic carbocycles. The maximum Gasteiger partial charge on any atom is 0.259 e. The molecule has 7 nitrogen and oxygen atoms in total.